The Kier molecular flexibility index (Phi) is 5.75. The van der Waals surface area contributed by atoms with Gasteiger partial charge >= 0.3 is 0 Å². The number of hydrogen-bond acceptors (Lipinski definition) is 3. The number of aliphatic hydroxyl groups excluding tert-OH is 1. The summed E-state index contributed by atoms with van der Waals surface area (Å²) in [7, 11) is 2.06. The third kappa shape index (κ3) is 4.04. The first-order chi connectivity index (χ1) is 10.2. The Morgan fingerprint density at radius 2 is 1.86 bits per heavy atom. The van der Waals surface area contributed by atoms with Crippen LogP contribution in [0.15, 0.2) is 36.4 Å². The molecule has 0 aliphatic rings. The van der Waals surface area contributed by atoms with Gasteiger partial charge in [0.2, 0.25) is 0 Å². The summed E-state index contributed by atoms with van der Waals surface area (Å²) < 4.78 is 10.8. The summed E-state index contributed by atoms with van der Waals surface area (Å²) in [6.45, 7) is 4.42. The lowest BCUT2D eigenvalue weighted by Gasteiger charge is -2.16. The molecule has 0 radical (unpaired) electrons. The smallest absolute Gasteiger partial charge is 0.188 e. The average molecular weight is 304 g/mol. The molecule has 112 valence electrons. The van der Waals surface area contributed by atoms with E-state index in [1.54, 1.807) is 7.11 Å². The summed E-state index contributed by atoms with van der Waals surface area (Å²) in [4.78, 5) is 0. The Balaban J connectivity index is 2.38. The quantitative estimate of drug-likeness (QED) is 0.658. The Morgan fingerprint density at radius 1 is 1.10 bits per heavy atom. The zero-order valence-electron chi connectivity index (χ0n) is 12.6. The summed E-state index contributed by atoms with van der Waals surface area (Å²) in [5.74, 6) is 0.883. The van der Waals surface area contributed by atoms with Crippen molar-refractivity contribution in [3.63, 3.8) is 0 Å². The fraction of sp³-hybridized carbons (Fsp3) is 0.294. The van der Waals surface area contributed by atoms with Gasteiger partial charge in [0.15, 0.2) is 6.79 Å². The Bertz CT molecular complexity index is 611. The van der Waals surface area contributed by atoms with Crippen LogP contribution < -0.4 is 15.3 Å². The molecule has 0 fully saturated rings. The van der Waals surface area contributed by atoms with E-state index < -0.39 is 0 Å². The van der Waals surface area contributed by atoms with Crippen molar-refractivity contribution < 1.29 is 14.6 Å². The van der Waals surface area contributed by atoms with Gasteiger partial charge in [-0.1, -0.05) is 38.9 Å². The van der Waals surface area contributed by atoms with Crippen molar-refractivity contribution in [2.24, 2.45) is 0 Å². The van der Waals surface area contributed by atoms with E-state index in [0.29, 0.717) is 8.58 Å². The number of hydrogen-bond donors (Lipinski definition) is 1. The normalized spacial score (nSPS) is 11.2. The molecule has 0 bridgehead atoms. The van der Waals surface area contributed by atoms with Gasteiger partial charge < -0.3 is 14.6 Å². The molecule has 21 heavy (non-hydrogen) atoms. The summed E-state index contributed by atoms with van der Waals surface area (Å²) in [5.41, 5.74) is 3.28. The lowest BCUT2D eigenvalue weighted by atomic mass is 10.1. The van der Waals surface area contributed by atoms with E-state index in [9.17, 15) is 5.11 Å². The van der Waals surface area contributed by atoms with Gasteiger partial charge in [0, 0.05) is 12.4 Å². The lowest BCUT2D eigenvalue weighted by Crippen LogP contribution is -2.14. The molecule has 0 saturated carbocycles. The minimum atomic E-state index is 0.0578. The molecule has 2 aromatic carbocycles. The Labute approximate surface area is 127 Å². The predicted octanol–water partition coefficient (Wildman–Crippen LogP) is 2.41. The van der Waals surface area contributed by atoms with Gasteiger partial charge in [0.05, 0.1) is 6.61 Å². The first kappa shape index (κ1) is 16.0. The molecule has 0 spiro atoms. The molecule has 0 aliphatic carbocycles. The van der Waals surface area contributed by atoms with Crippen LogP contribution in [-0.2, 0) is 11.3 Å². The van der Waals surface area contributed by atoms with Gasteiger partial charge in [0.1, 0.15) is 5.75 Å². The van der Waals surface area contributed by atoms with Crippen molar-refractivity contribution in [3.8, 4) is 5.75 Å². The minimum absolute atomic E-state index is 0.0578. The van der Waals surface area contributed by atoms with Gasteiger partial charge in [-0.3, -0.25) is 0 Å². The molecular formula is C17H21O3P. The zero-order chi connectivity index (χ0) is 15.2. The van der Waals surface area contributed by atoms with E-state index in [1.807, 2.05) is 25.1 Å². The van der Waals surface area contributed by atoms with Crippen LogP contribution in [-0.4, -0.2) is 19.0 Å². The fourth-order valence-corrected chi connectivity index (χ4v) is 3.76. The third-order valence-corrected chi connectivity index (χ3v) is 4.59. The molecule has 2 rings (SSSR count). The van der Waals surface area contributed by atoms with E-state index >= 15 is 0 Å². The first-order valence-corrected chi connectivity index (χ1v) is 7.84. The highest BCUT2D eigenvalue weighted by Crippen LogP contribution is 2.25. The van der Waals surface area contributed by atoms with Gasteiger partial charge in [-0.05, 0) is 41.9 Å². The van der Waals surface area contributed by atoms with Crippen LogP contribution in [0.25, 0.3) is 0 Å². The average Bonchev–Trinajstić information content (AvgIpc) is 2.47. The molecule has 1 atom stereocenters. The monoisotopic (exact) mass is 304 g/mol. The number of aryl methyl sites for hydroxylation is 2. The van der Waals surface area contributed by atoms with Gasteiger partial charge in [-0.15, -0.1) is 0 Å². The van der Waals surface area contributed by atoms with Crippen molar-refractivity contribution in [1.82, 2.24) is 0 Å². The van der Waals surface area contributed by atoms with Crippen molar-refractivity contribution in [3.05, 3.63) is 53.1 Å². The molecule has 3 nitrogen and oxygen atoms in total. The summed E-state index contributed by atoms with van der Waals surface area (Å²) in [6.07, 6.45) is 0. The van der Waals surface area contributed by atoms with E-state index in [2.05, 4.69) is 25.1 Å². The summed E-state index contributed by atoms with van der Waals surface area (Å²) in [6, 6.07) is 12.2. The summed E-state index contributed by atoms with van der Waals surface area (Å²) in [5, 5.41) is 11.8. The molecular weight excluding hydrogens is 283 g/mol. The predicted molar refractivity (Wildman–Crippen MR) is 88.4 cm³/mol. The van der Waals surface area contributed by atoms with E-state index in [-0.39, 0.29) is 13.4 Å². The van der Waals surface area contributed by atoms with E-state index in [1.165, 1.54) is 5.56 Å². The van der Waals surface area contributed by atoms with Gasteiger partial charge in [-0.2, -0.15) is 0 Å². The van der Waals surface area contributed by atoms with Crippen molar-refractivity contribution >= 4 is 19.2 Å². The second kappa shape index (κ2) is 7.56. The van der Waals surface area contributed by atoms with Crippen molar-refractivity contribution in [1.29, 1.82) is 0 Å². The molecule has 0 amide bonds. The fourth-order valence-electron chi connectivity index (χ4n) is 2.28. The maximum absolute atomic E-state index is 9.47. The number of methoxy groups -OCH3 is 1. The Morgan fingerprint density at radius 3 is 2.57 bits per heavy atom. The highest BCUT2D eigenvalue weighted by atomic mass is 31.1. The minimum Gasteiger partial charge on any atom is -0.467 e. The Hall–Kier alpha value is -1.41. The van der Waals surface area contributed by atoms with Crippen LogP contribution in [0.3, 0.4) is 0 Å². The molecule has 0 aromatic heterocycles. The third-order valence-electron chi connectivity index (χ3n) is 3.20. The van der Waals surface area contributed by atoms with Crippen LogP contribution in [0, 0.1) is 13.8 Å². The SMILES string of the molecule is COCOc1c(C)cc(C)cc1Pc1ccccc1CO. The largest absolute Gasteiger partial charge is 0.467 e. The van der Waals surface area contributed by atoms with Crippen molar-refractivity contribution in [2.45, 2.75) is 20.5 Å². The van der Waals surface area contributed by atoms with Gasteiger partial charge in [0.25, 0.3) is 0 Å². The first-order valence-electron chi connectivity index (χ1n) is 6.84. The van der Waals surface area contributed by atoms with Crippen LogP contribution in [0.1, 0.15) is 16.7 Å². The number of aliphatic hydroxyl groups is 1. The molecule has 0 heterocycles. The van der Waals surface area contributed by atoms with E-state index in [4.69, 9.17) is 9.47 Å². The second-order valence-electron chi connectivity index (χ2n) is 4.95. The highest BCUT2D eigenvalue weighted by Gasteiger charge is 2.11. The molecule has 1 unspecified atom stereocenters. The molecule has 2 aromatic rings. The van der Waals surface area contributed by atoms with Crippen LogP contribution in [0.5, 0.6) is 5.75 Å². The van der Waals surface area contributed by atoms with Crippen molar-refractivity contribution in [2.75, 3.05) is 13.9 Å². The molecule has 1 N–H and O–H groups in total. The highest BCUT2D eigenvalue weighted by molar-refractivity contribution is 7.55. The van der Waals surface area contributed by atoms with Crippen LogP contribution in [0.2, 0.25) is 0 Å². The van der Waals surface area contributed by atoms with Crippen LogP contribution in [0.4, 0.5) is 0 Å². The number of benzene rings is 2. The molecule has 0 saturated heterocycles. The maximum Gasteiger partial charge on any atom is 0.188 e. The standard InChI is InChI=1S/C17H21O3P/c1-12-8-13(2)17(20-11-19-3)16(9-12)21-15-7-5-4-6-14(15)10-18/h4-9,18,21H,10-11H2,1-3H3. The summed E-state index contributed by atoms with van der Waals surface area (Å²) >= 11 is 0. The van der Waals surface area contributed by atoms with Crippen LogP contribution >= 0.6 is 8.58 Å². The molecule has 4 heteroatoms. The number of rotatable bonds is 6. The van der Waals surface area contributed by atoms with E-state index in [0.717, 1.165) is 27.5 Å². The number of ether oxygens (including phenoxy) is 2. The zero-order valence-corrected chi connectivity index (χ0v) is 13.6. The van der Waals surface area contributed by atoms with Gasteiger partial charge in [-0.25, -0.2) is 0 Å². The topological polar surface area (TPSA) is 38.7 Å². The maximum atomic E-state index is 9.47. The second-order valence-corrected chi connectivity index (χ2v) is 6.28. The molecule has 0 aliphatic heterocycles. The lowest BCUT2D eigenvalue weighted by molar-refractivity contribution is 0.0514.